The van der Waals surface area contributed by atoms with E-state index in [2.05, 4.69) is 36.2 Å². The Morgan fingerprint density at radius 2 is 2.24 bits per heavy atom. The van der Waals surface area contributed by atoms with E-state index < -0.39 is 10.0 Å². The molecule has 2 heterocycles. The number of nitrogens with one attached hydrogen (secondary N) is 2. The van der Waals surface area contributed by atoms with Crippen molar-refractivity contribution in [2.45, 2.75) is 24.8 Å². The summed E-state index contributed by atoms with van der Waals surface area (Å²) in [7, 11) is -3.77. The van der Waals surface area contributed by atoms with Crippen LogP contribution in [0.15, 0.2) is 38.4 Å². The lowest BCUT2D eigenvalue weighted by Crippen LogP contribution is -2.14. The van der Waals surface area contributed by atoms with Gasteiger partial charge in [-0.05, 0) is 41.0 Å². The van der Waals surface area contributed by atoms with Crippen molar-refractivity contribution in [3.8, 4) is 0 Å². The molecule has 0 unspecified atom stereocenters. The molecule has 2 aromatic heterocycles. The second kappa shape index (κ2) is 7.01. The Hall–Kier alpha value is -1.45. The lowest BCUT2D eigenvalue weighted by Gasteiger charge is -2.04. The van der Waals surface area contributed by atoms with Gasteiger partial charge in [0.25, 0.3) is 10.0 Å². The number of anilines is 1. The Bertz CT molecular complexity index is 688. The highest BCUT2D eigenvalue weighted by Crippen LogP contribution is 2.27. The molecule has 0 bridgehead atoms. The number of aromatic nitrogens is 2. The van der Waals surface area contributed by atoms with Gasteiger partial charge in [0.1, 0.15) is 10.7 Å². The van der Waals surface area contributed by atoms with E-state index in [9.17, 15) is 8.42 Å². The molecule has 9 heteroatoms. The van der Waals surface area contributed by atoms with Gasteiger partial charge in [0, 0.05) is 12.3 Å². The predicted molar refractivity (Wildman–Crippen MR) is 81.2 cm³/mol. The Morgan fingerprint density at radius 3 is 2.90 bits per heavy atom. The zero-order valence-corrected chi connectivity index (χ0v) is 13.7. The van der Waals surface area contributed by atoms with Crippen LogP contribution in [-0.4, -0.2) is 25.2 Å². The lowest BCUT2D eigenvalue weighted by atomic mass is 10.4. The first-order chi connectivity index (χ1) is 10.0. The summed E-state index contributed by atoms with van der Waals surface area (Å²) in [5.41, 5.74) is 0. The van der Waals surface area contributed by atoms with Gasteiger partial charge in [-0.25, -0.2) is 8.42 Å². The Kier molecular flexibility index (Phi) is 5.32. The molecule has 2 rings (SSSR count). The van der Waals surface area contributed by atoms with Crippen LogP contribution in [0.3, 0.4) is 0 Å². The Balaban J connectivity index is 2.16. The summed E-state index contributed by atoms with van der Waals surface area (Å²) in [4.78, 5) is 0.0291. The summed E-state index contributed by atoms with van der Waals surface area (Å²) in [6.07, 6.45) is 2.45. The fourth-order valence-corrected chi connectivity index (χ4v) is 3.60. The van der Waals surface area contributed by atoms with Crippen molar-refractivity contribution in [2.75, 3.05) is 11.3 Å². The molecule has 0 spiro atoms. The maximum atomic E-state index is 12.3. The second-order valence-electron chi connectivity index (χ2n) is 4.24. The fraction of sp³-hybridized carbons (Fsp3) is 0.333. The first kappa shape index (κ1) is 15.9. The smallest absolute Gasteiger partial charge is 0.267 e. The minimum Gasteiger partial charge on any atom is -0.451 e. The van der Waals surface area contributed by atoms with Crippen LogP contribution in [0, 0.1) is 0 Å². The predicted octanol–water partition coefficient (Wildman–Crippen LogP) is 2.13. The second-order valence-corrected chi connectivity index (χ2v) is 6.61. The maximum absolute atomic E-state index is 12.3. The van der Waals surface area contributed by atoms with Crippen molar-refractivity contribution in [3.05, 3.63) is 34.8 Å². The molecule has 0 aliphatic rings. The Labute approximate surface area is 131 Å². The summed E-state index contributed by atoms with van der Waals surface area (Å²) in [6.45, 7) is 3.34. The van der Waals surface area contributed by atoms with Crippen molar-refractivity contribution in [3.63, 3.8) is 0 Å². The van der Waals surface area contributed by atoms with Gasteiger partial charge in [-0.2, -0.15) is 5.10 Å². The molecule has 7 nitrogen and oxygen atoms in total. The van der Waals surface area contributed by atoms with Gasteiger partial charge in [-0.3, -0.25) is 4.72 Å². The average molecular weight is 375 g/mol. The molecule has 0 aromatic carbocycles. The highest BCUT2D eigenvalue weighted by atomic mass is 79.9. The highest BCUT2D eigenvalue weighted by Gasteiger charge is 2.23. The molecule has 21 heavy (non-hydrogen) atoms. The van der Waals surface area contributed by atoms with Crippen LogP contribution in [0.25, 0.3) is 0 Å². The van der Waals surface area contributed by atoms with E-state index in [1.807, 2.05) is 6.92 Å². The number of nitrogens with zero attached hydrogens (tertiary/aromatic N) is 2. The molecule has 2 N–H and O–H groups in total. The first-order valence-electron chi connectivity index (χ1n) is 6.32. The third kappa shape index (κ3) is 4.26. The topological polar surface area (TPSA) is 97.1 Å². The van der Waals surface area contributed by atoms with Crippen molar-refractivity contribution in [1.82, 2.24) is 15.5 Å². The van der Waals surface area contributed by atoms with Gasteiger partial charge in [0.2, 0.25) is 0 Å². The standard InChI is InChI=1S/C12H15BrN4O3S/c1-2-5-14-8-9-7-10(12(13)20-9)21(18,19)17-11-4-3-6-15-16-11/h3-4,6-7,14H,2,5,8H2,1H3,(H,16,17). The summed E-state index contributed by atoms with van der Waals surface area (Å²) in [6, 6.07) is 4.59. The van der Waals surface area contributed by atoms with Gasteiger partial charge in [-0.15, -0.1) is 5.10 Å². The van der Waals surface area contributed by atoms with Crippen LogP contribution < -0.4 is 10.0 Å². The van der Waals surface area contributed by atoms with Crippen molar-refractivity contribution < 1.29 is 12.8 Å². The van der Waals surface area contributed by atoms with Gasteiger partial charge in [0.05, 0.1) is 6.54 Å². The minimum absolute atomic E-state index is 0.0291. The van der Waals surface area contributed by atoms with Crippen LogP contribution in [-0.2, 0) is 16.6 Å². The highest BCUT2D eigenvalue weighted by molar-refractivity contribution is 9.10. The zero-order valence-electron chi connectivity index (χ0n) is 11.3. The molecule has 2 aromatic rings. The third-order valence-corrected chi connectivity index (χ3v) is 4.74. The van der Waals surface area contributed by atoms with Gasteiger partial charge >= 0.3 is 0 Å². The molecule has 0 aliphatic carbocycles. The van der Waals surface area contributed by atoms with Gasteiger partial charge in [-0.1, -0.05) is 6.92 Å². The van der Waals surface area contributed by atoms with Gasteiger partial charge in [0.15, 0.2) is 10.5 Å². The molecule has 114 valence electrons. The molecule has 0 saturated heterocycles. The summed E-state index contributed by atoms with van der Waals surface area (Å²) < 4.78 is 32.4. The molecule has 0 aliphatic heterocycles. The van der Waals surface area contributed by atoms with E-state index in [-0.39, 0.29) is 15.4 Å². The largest absolute Gasteiger partial charge is 0.451 e. The van der Waals surface area contributed by atoms with Crippen LogP contribution in [0.1, 0.15) is 19.1 Å². The number of hydrogen-bond donors (Lipinski definition) is 2. The molecule has 0 radical (unpaired) electrons. The SMILES string of the molecule is CCCNCc1cc(S(=O)(=O)Nc2cccnn2)c(Br)o1. The van der Waals surface area contributed by atoms with Crippen LogP contribution >= 0.6 is 15.9 Å². The normalized spacial score (nSPS) is 11.5. The number of hydrogen-bond acceptors (Lipinski definition) is 6. The fourth-order valence-electron chi connectivity index (χ4n) is 1.61. The minimum atomic E-state index is -3.77. The maximum Gasteiger partial charge on any atom is 0.267 e. The van der Waals surface area contributed by atoms with Crippen LogP contribution in [0.4, 0.5) is 5.82 Å². The first-order valence-corrected chi connectivity index (χ1v) is 8.60. The van der Waals surface area contributed by atoms with E-state index in [0.29, 0.717) is 12.3 Å². The van der Waals surface area contributed by atoms with Crippen molar-refractivity contribution in [2.24, 2.45) is 0 Å². The summed E-state index contributed by atoms with van der Waals surface area (Å²) in [5.74, 6) is 0.686. The molecule has 0 atom stereocenters. The Morgan fingerprint density at radius 1 is 1.43 bits per heavy atom. The van der Waals surface area contributed by atoms with Gasteiger partial charge < -0.3 is 9.73 Å². The number of furan rings is 1. The monoisotopic (exact) mass is 374 g/mol. The summed E-state index contributed by atoms with van der Waals surface area (Å²) in [5, 5.41) is 10.4. The number of sulfonamides is 1. The number of rotatable bonds is 7. The van der Waals surface area contributed by atoms with E-state index in [1.54, 1.807) is 6.07 Å². The van der Waals surface area contributed by atoms with E-state index in [4.69, 9.17) is 4.42 Å². The van der Waals surface area contributed by atoms with E-state index in [0.717, 1.165) is 13.0 Å². The molecule has 0 saturated carbocycles. The van der Waals surface area contributed by atoms with Crippen molar-refractivity contribution >= 4 is 31.8 Å². The lowest BCUT2D eigenvalue weighted by molar-refractivity contribution is 0.461. The zero-order chi connectivity index (χ0) is 15.3. The van der Waals surface area contributed by atoms with Crippen LogP contribution in [0.2, 0.25) is 0 Å². The molecule has 0 amide bonds. The molecule has 0 fully saturated rings. The molecular weight excluding hydrogens is 360 g/mol. The third-order valence-electron chi connectivity index (χ3n) is 2.53. The average Bonchev–Trinajstić information content (AvgIpc) is 2.82. The van der Waals surface area contributed by atoms with Crippen molar-refractivity contribution in [1.29, 1.82) is 0 Å². The van der Waals surface area contributed by atoms with E-state index >= 15 is 0 Å². The summed E-state index contributed by atoms with van der Waals surface area (Å²) >= 11 is 3.13. The quantitative estimate of drug-likeness (QED) is 0.720. The van der Waals surface area contributed by atoms with Crippen LogP contribution in [0.5, 0.6) is 0 Å². The number of halogens is 1. The van der Waals surface area contributed by atoms with E-state index in [1.165, 1.54) is 18.3 Å². The molecular formula is C12H15BrN4O3S.